The zero-order valence-corrected chi connectivity index (χ0v) is 11.7. The van der Waals surface area contributed by atoms with Crippen LogP contribution in [0.2, 0.25) is 5.02 Å². The third-order valence-corrected chi connectivity index (χ3v) is 4.05. The van der Waals surface area contributed by atoms with Crippen molar-refractivity contribution in [2.45, 2.75) is 38.5 Å². The van der Waals surface area contributed by atoms with Gasteiger partial charge in [0.05, 0.1) is 11.0 Å². The van der Waals surface area contributed by atoms with Crippen molar-refractivity contribution in [3.8, 4) is 0 Å². The van der Waals surface area contributed by atoms with Crippen LogP contribution in [0.5, 0.6) is 0 Å². The molecule has 0 spiro atoms. The van der Waals surface area contributed by atoms with Gasteiger partial charge in [0.2, 0.25) is 0 Å². The lowest BCUT2D eigenvalue weighted by Gasteiger charge is -2.29. The number of nitrogens with zero attached hydrogens (tertiary/aromatic N) is 1. The number of ether oxygens (including phenoxy) is 1. The zero-order chi connectivity index (χ0) is 14.0. The molecule has 1 aliphatic heterocycles. The molecule has 1 saturated heterocycles. The minimum absolute atomic E-state index is 0.0511. The van der Waals surface area contributed by atoms with Gasteiger partial charge < -0.3 is 10.1 Å². The molecule has 1 aliphatic rings. The summed E-state index contributed by atoms with van der Waals surface area (Å²) in [6.07, 6.45) is 0.995. The van der Waals surface area contributed by atoms with Crippen molar-refractivity contribution in [1.82, 2.24) is 5.32 Å². The Balaban J connectivity index is 2.13. The molecule has 0 aromatic heterocycles. The molecule has 0 radical (unpaired) electrons. The Morgan fingerprint density at radius 1 is 1.63 bits per heavy atom. The summed E-state index contributed by atoms with van der Waals surface area (Å²) in [4.78, 5) is 10.6. The summed E-state index contributed by atoms with van der Waals surface area (Å²) in [6, 6.07) is 4.75. The molecule has 1 aromatic rings. The minimum atomic E-state index is -0.403. The predicted octanol–water partition coefficient (Wildman–Crippen LogP) is 2.91. The lowest BCUT2D eigenvalue weighted by atomic mass is 9.94. The molecule has 19 heavy (non-hydrogen) atoms. The first kappa shape index (κ1) is 14.2. The molecule has 1 heterocycles. The number of hydrogen-bond acceptors (Lipinski definition) is 4. The Hall–Kier alpha value is -1.17. The number of benzene rings is 1. The monoisotopic (exact) mass is 284 g/mol. The van der Waals surface area contributed by atoms with E-state index in [9.17, 15) is 10.1 Å². The highest BCUT2D eigenvalue weighted by atomic mass is 35.5. The molecule has 1 N–H and O–H groups in total. The normalized spacial score (nSPS) is 26.6. The van der Waals surface area contributed by atoms with Gasteiger partial charge in [-0.2, -0.15) is 0 Å². The quantitative estimate of drug-likeness (QED) is 0.682. The predicted molar refractivity (Wildman–Crippen MR) is 73.4 cm³/mol. The maximum absolute atomic E-state index is 11.0. The highest BCUT2D eigenvalue weighted by Gasteiger charge is 2.36. The van der Waals surface area contributed by atoms with Crippen molar-refractivity contribution in [2.75, 3.05) is 6.61 Å². The second-order valence-corrected chi connectivity index (χ2v) is 5.50. The van der Waals surface area contributed by atoms with Gasteiger partial charge in [0, 0.05) is 35.3 Å². The second kappa shape index (κ2) is 5.45. The lowest BCUT2D eigenvalue weighted by molar-refractivity contribution is -0.385. The lowest BCUT2D eigenvalue weighted by Crippen LogP contribution is -2.47. The molecule has 6 heteroatoms. The van der Waals surface area contributed by atoms with Crippen molar-refractivity contribution in [3.63, 3.8) is 0 Å². The first-order chi connectivity index (χ1) is 8.92. The molecule has 1 fully saturated rings. The molecule has 0 amide bonds. The summed E-state index contributed by atoms with van der Waals surface area (Å²) in [6.45, 7) is 5.23. The van der Waals surface area contributed by atoms with Crippen molar-refractivity contribution in [1.29, 1.82) is 0 Å². The van der Waals surface area contributed by atoms with Gasteiger partial charge in [-0.3, -0.25) is 10.1 Å². The van der Waals surface area contributed by atoms with Gasteiger partial charge in [0.15, 0.2) is 0 Å². The van der Waals surface area contributed by atoms with Crippen LogP contribution in [-0.2, 0) is 11.3 Å². The number of nitro groups is 1. The van der Waals surface area contributed by atoms with Crippen LogP contribution < -0.4 is 5.32 Å². The molecular weight excluding hydrogens is 268 g/mol. The van der Waals surface area contributed by atoms with E-state index in [2.05, 4.69) is 12.2 Å². The van der Waals surface area contributed by atoms with E-state index >= 15 is 0 Å². The van der Waals surface area contributed by atoms with E-state index in [1.165, 1.54) is 6.07 Å². The number of rotatable bonds is 4. The Labute approximate surface area is 117 Å². The molecule has 5 nitrogen and oxygen atoms in total. The highest BCUT2D eigenvalue weighted by molar-refractivity contribution is 6.30. The van der Waals surface area contributed by atoms with E-state index in [-0.39, 0.29) is 17.3 Å². The Morgan fingerprint density at radius 3 is 2.95 bits per heavy atom. The molecule has 2 unspecified atom stereocenters. The van der Waals surface area contributed by atoms with Crippen molar-refractivity contribution in [2.24, 2.45) is 0 Å². The third-order valence-electron chi connectivity index (χ3n) is 3.81. The fourth-order valence-corrected chi connectivity index (χ4v) is 2.39. The third kappa shape index (κ3) is 3.05. The number of hydrogen-bond donors (Lipinski definition) is 1. The van der Waals surface area contributed by atoms with Gasteiger partial charge in [-0.15, -0.1) is 0 Å². The molecule has 1 aromatic carbocycles. The summed E-state index contributed by atoms with van der Waals surface area (Å²) in [7, 11) is 0. The van der Waals surface area contributed by atoms with Crippen LogP contribution >= 0.6 is 11.6 Å². The largest absolute Gasteiger partial charge is 0.377 e. The summed E-state index contributed by atoms with van der Waals surface area (Å²) in [5.74, 6) is 0. The standard InChI is InChI=1S/C13H17ClN2O3/c1-9-13(2,5-6-19-9)15-8-10-3-4-11(14)7-12(10)16(17)18/h3-4,7,9,15H,5-6,8H2,1-2H3. The van der Waals surface area contributed by atoms with E-state index in [4.69, 9.17) is 16.3 Å². The summed E-state index contributed by atoms with van der Waals surface area (Å²) < 4.78 is 5.54. The van der Waals surface area contributed by atoms with E-state index in [0.29, 0.717) is 23.7 Å². The number of halogens is 1. The van der Waals surface area contributed by atoms with E-state index < -0.39 is 4.92 Å². The van der Waals surface area contributed by atoms with Crippen LogP contribution in [0.25, 0.3) is 0 Å². The first-order valence-electron chi connectivity index (χ1n) is 6.22. The van der Waals surface area contributed by atoms with Crippen LogP contribution in [0.1, 0.15) is 25.8 Å². The van der Waals surface area contributed by atoms with Crippen molar-refractivity contribution < 1.29 is 9.66 Å². The van der Waals surface area contributed by atoms with Crippen LogP contribution in [-0.4, -0.2) is 23.2 Å². The minimum Gasteiger partial charge on any atom is -0.377 e. The topological polar surface area (TPSA) is 64.4 Å². The molecule has 104 valence electrons. The fraction of sp³-hybridized carbons (Fsp3) is 0.538. The van der Waals surface area contributed by atoms with E-state index in [0.717, 1.165) is 6.42 Å². The van der Waals surface area contributed by atoms with Gasteiger partial charge in [-0.25, -0.2) is 0 Å². The van der Waals surface area contributed by atoms with Gasteiger partial charge in [0.25, 0.3) is 5.69 Å². The van der Waals surface area contributed by atoms with Crippen LogP contribution in [0, 0.1) is 10.1 Å². The summed E-state index contributed by atoms with van der Waals surface area (Å²) in [5.41, 5.74) is 0.540. The van der Waals surface area contributed by atoms with Crippen molar-refractivity contribution in [3.05, 3.63) is 38.9 Å². The molecule has 2 atom stereocenters. The van der Waals surface area contributed by atoms with E-state index in [1.54, 1.807) is 12.1 Å². The Morgan fingerprint density at radius 2 is 2.37 bits per heavy atom. The summed E-state index contributed by atoms with van der Waals surface area (Å²) in [5, 5.41) is 14.7. The second-order valence-electron chi connectivity index (χ2n) is 5.06. The molecule has 0 bridgehead atoms. The first-order valence-corrected chi connectivity index (χ1v) is 6.59. The highest BCUT2D eigenvalue weighted by Crippen LogP contribution is 2.28. The van der Waals surface area contributed by atoms with Gasteiger partial charge in [0.1, 0.15) is 0 Å². The Bertz CT molecular complexity index is 495. The van der Waals surface area contributed by atoms with Crippen LogP contribution in [0.3, 0.4) is 0 Å². The number of nitrogens with one attached hydrogen (secondary N) is 1. The number of nitro benzene ring substituents is 1. The van der Waals surface area contributed by atoms with Crippen molar-refractivity contribution >= 4 is 17.3 Å². The SMILES string of the molecule is CC1OCCC1(C)NCc1ccc(Cl)cc1[N+](=O)[O-]. The average molecular weight is 285 g/mol. The molecule has 0 saturated carbocycles. The van der Waals surface area contributed by atoms with E-state index in [1.807, 2.05) is 6.92 Å². The average Bonchev–Trinajstić information content (AvgIpc) is 2.68. The molecule has 0 aliphatic carbocycles. The zero-order valence-electron chi connectivity index (χ0n) is 11.0. The molecule has 2 rings (SSSR count). The van der Waals surface area contributed by atoms with Gasteiger partial charge >= 0.3 is 0 Å². The molecular formula is C13H17ClN2O3. The van der Waals surface area contributed by atoms with Crippen LogP contribution in [0.4, 0.5) is 5.69 Å². The van der Waals surface area contributed by atoms with Gasteiger partial charge in [-0.1, -0.05) is 11.6 Å². The fourth-order valence-electron chi connectivity index (χ4n) is 2.22. The Kier molecular flexibility index (Phi) is 4.08. The maximum atomic E-state index is 11.0. The maximum Gasteiger partial charge on any atom is 0.275 e. The summed E-state index contributed by atoms with van der Waals surface area (Å²) >= 11 is 5.79. The van der Waals surface area contributed by atoms with Gasteiger partial charge in [-0.05, 0) is 32.4 Å². The van der Waals surface area contributed by atoms with Crippen LogP contribution in [0.15, 0.2) is 18.2 Å². The smallest absolute Gasteiger partial charge is 0.275 e.